The Labute approximate surface area is 130 Å². The molecule has 1 unspecified atom stereocenters. The van der Waals surface area contributed by atoms with Crippen molar-refractivity contribution in [2.45, 2.75) is 13.0 Å². The lowest BCUT2D eigenvalue weighted by atomic mass is 10.1. The Bertz CT molecular complexity index is 486. The molecule has 0 spiro atoms. The standard InChI is InChI=1S/C16H21ClN2O2/c17-10-14-9-16(20)19(12-14)11-13-1-3-15(4-2-13)18-5-7-21-8-6-18/h1-4,14H,5-12H2. The molecule has 0 bridgehead atoms. The molecular formula is C16H21ClN2O2. The van der Waals surface area contributed by atoms with Crippen LogP contribution in [0, 0.1) is 5.92 Å². The maximum atomic E-state index is 11.9. The average Bonchev–Trinajstić information content (AvgIpc) is 2.89. The minimum absolute atomic E-state index is 0.220. The number of benzene rings is 1. The van der Waals surface area contributed by atoms with Crippen LogP contribution in [0.15, 0.2) is 24.3 Å². The number of alkyl halides is 1. The van der Waals surface area contributed by atoms with Crippen molar-refractivity contribution < 1.29 is 9.53 Å². The minimum Gasteiger partial charge on any atom is -0.378 e. The summed E-state index contributed by atoms with van der Waals surface area (Å²) in [7, 11) is 0. The number of halogens is 1. The van der Waals surface area contributed by atoms with E-state index in [-0.39, 0.29) is 5.91 Å². The van der Waals surface area contributed by atoms with Crippen LogP contribution in [0.3, 0.4) is 0 Å². The lowest BCUT2D eigenvalue weighted by molar-refractivity contribution is -0.128. The van der Waals surface area contributed by atoms with Gasteiger partial charge in [-0.1, -0.05) is 12.1 Å². The number of ether oxygens (including phenoxy) is 1. The van der Waals surface area contributed by atoms with Crippen LogP contribution in [0.25, 0.3) is 0 Å². The summed E-state index contributed by atoms with van der Waals surface area (Å²) in [5.41, 5.74) is 2.41. The number of hydrogen-bond acceptors (Lipinski definition) is 3. The van der Waals surface area contributed by atoms with E-state index in [1.807, 2.05) is 4.90 Å². The van der Waals surface area contributed by atoms with Gasteiger partial charge in [0.05, 0.1) is 13.2 Å². The van der Waals surface area contributed by atoms with E-state index in [1.165, 1.54) is 11.3 Å². The summed E-state index contributed by atoms with van der Waals surface area (Å²) in [6.45, 7) is 4.96. The van der Waals surface area contributed by atoms with Crippen LogP contribution in [-0.4, -0.2) is 49.5 Å². The van der Waals surface area contributed by atoms with Gasteiger partial charge in [-0.2, -0.15) is 0 Å². The van der Waals surface area contributed by atoms with E-state index in [9.17, 15) is 4.79 Å². The lowest BCUT2D eigenvalue weighted by Crippen LogP contribution is -2.36. The van der Waals surface area contributed by atoms with E-state index < -0.39 is 0 Å². The van der Waals surface area contributed by atoms with Crippen molar-refractivity contribution in [1.29, 1.82) is 0 Å². The van der Waals surface area contributed by atoms with E-state index in [0.717, 1.165) is 32.8 Å². The van der Waals surface area contributed by atoms with Gasteiger partial charge in [0.15, 0.2) is 0 Å². The van der Waals surface area contributed by atoms with E-state index in [0.29, 0.717) is 24.8 Å². The maximum absolute atomic E-state index is 11.9. The Morgan fingerprint density at radius 3 is 2.52 bits per heavy atom. The Kier molecular flexibility index (Phi) is 4.66. The zero-order chi connectivity index (χ0) is 14.7. The molecule has 2 fully saturated rings. The molecule has 4 nitrogen and oxygen atoms in total. The molecule has 1 aromatic rings. The van der Waals surface area contributed by atoms with Gasteiger partial charge in [0.25, 0.3) is 0 Å². The molecule has 0 aliphatic carbocycles. The third kappa shape index (κ3) is 3.50. The smallest absolute Gasteiger partial charge is 0.223 e. The molecule has 0 radical (unpaired) electrons. The lowest BCUT2D eigenvalue weighted by Gasteiger charge is -2.29. The summed E-state index contributed by atoms with van der Waals surface area (Å²) >= 11 is 5.85. The van der Waals surface area contributed by atoms with Gasteiger partial charge < -0.3 is 14.5 Å². The number of rotatable bonds is 4. The highest BCUT2D eigenvalue weighted by atomic mass is 35.5. The second-order valence-electron chi connectivity index (χ2n) is 5.76. The predicted octanol–water partition coefficient (Wildman–Crippen LogP) is 2.11. The largest absolute Gasteiger partial charge is 0.378 e. The SMILES string of the molecule is O=C1CC(CCl)CN1Cc1ccc(N2CCOCC2)cc1. The number of amides is 1. The molecule has 0 saturated carbocycles. The summed E-state index contributed by atoms with van der Waals surface area (Å²) in [6.07, 6.45) is 0.593. The van der Waals surface area contributed by atoms with Gasteiger partial charge in [0.1, 0.15) is 0 Å². The molecule has 3 rings (SSSR count). The highest BCUT2D eigenvalue weighted by molar-refractivity contribution is 6.18. The van der Waals surface area contributed by atoms with Crippen molar-refractivity contribution in [2.75, 3.05) is 43.6 Å². The van der Waals surface area contributed by atoms with Gasteiger partial charge in [-0.25, -0.2) is 0 Å². The van der Waals surface area contributed by atoms with Crippen LogP contribution in [0.4, 0.5) is 5.69 Å². The molecule has 2 saturated heterocycles. The summed E-state index contributed by atoms with van der Waals surface area (Å²) in [5.74, 6) is 1.10. The molecule has 2 aliphatic heterocycles. The molecule has 1 atom stereocenters. The molecule has 1 aromatic carbocycles. The highest BCUT2D eigenvalue weighted by Gasteiger charge is 2.28. The third-order valence-corrected chi connectivity index (χ3v) is 4.64. The fourth-order valence-corrected chi connectivity index (χ4v) is 3.17. The number of likely N-dealkylation sites (tertiary alicyclic amines) is 1. The van der Waals surface area contributed by atoms with E-state index in [2.05, 4.69) is 29.2 Å². The van der Waals surface area contributed by atoms with Crippen molar-refractivity contribution in [1.82, 2.24) is 4.90 Å². The van der Waals surface area contributed by atoms with Gasteiger partial charge in [0.2, 0.25) is 5.91 Å². The molecule has 114 valence electrons. The Hall–Kier alpha value is -1.26. The molecule has 0 N–H and O–H groups in total. The van der Waals surface area contributed by atoms with Crippen molar-refractivity contribution in [3.8, 4) is 0 Å². The van der Waals surface area contributed by atoms with E-state index in [4.69, 9.17) is 16.3 Å². The normalized spacial score (nSPS) is 22.9. The number of nitrogens with zero attached hydrogens (tertiary/aromatic N) is 2. The monoisotopic (exact) mass is 308 g/mol. The Balaban J connectivity index is 1.60. The summed E-state index contributed by atoms with van der Waals surface area (Å²) in [6, 6.07) is 8.51. The average molecular weight is 309 g/mol. The fraction of sp³-hybridized carbons (Fsp3) is 0.562. The van der Waals surface area contributed by atoms with Crippen molar-refractivity contribution >= 4 is 23.2 Å². The van der Waals surface area contributed by atoms with Gasteiger partial charge in [-0.15, -0.1) is 11.6 Å². The van der Waals surface area contributed by atoms with Crippen LogP contribution in [0.2, 0.25) is 0 Å². The van der Waals surface area contributed by atoms with Crippen LogP contribution >= 0.6 is 11.6 Å². The molecule has 21 heavy (non-hydrogen) atoms. The molecule has 5 heteroatoms. The number of anilines is 1. The number of hydrogen-bond donors (Lipinski definition) is 0. The summed E-state index contributed by atoms with van der Waals surface area (Å²) in [4.78, 5) is 16.2. The van der Waals surface area contributed by atoms with Crippen molar-refractivity contribution in [3.05, 3.63) is 29.8 Å². The van der Waals surface area contributed by atoms with Gasteiger partial charge in [-0.3, -0.25) is 4.79 Å². The first-order valence-corrected chi connectivity index (χ1v) is 8.05. The molecular weight excluding hydrogens is 288 g/mol. The quantitative estimate of drug-likeness (QED) is 0.799. The summed E-state index contributed by atoms with van der Waals surface area (Å²) < 4.78 is 5.37. The second-order valence-corrected chi connectivity index (χ2v) is 6.07. The maximum Gasteiger partial charge on any atom is 0.223 e. The predicted molar refractivity (Wildman–Crippen MR) is 83.7 cm³/mol. The first-order valence-electron chi connectivity index (χ1n) is 7.51. The first kappa shape index (κ1) is 14.7. The highest BCUT2D eigenvalue weighted by Crippen LogP contribution is 2.22. The van der Waals surface area contributed by atoms with Crippen molar-refractivity contribution in [2.24, 2.45) is 5.92 Å². The number of carbonyl (C=O) groups is 1. The Morgan fingerprint density at radius 1 is 1.19 bits per heavy atom. The Morgan fingerprint density at radius 2 is 1.90 bits per heavy atom. The fourth-order valence-electron chi connectivity index (χ4n) is 2.96. The van der Waals surface area contributed by atoms with Crippen LogP contribution in [0.1, 0.15) is 12.0 Å². The zero-order valence-electron chi connectivity index (χ0n) is 12.1. The van der Waals surface area contributed by atoms with E-state index >= 15 is 0 Å². The topological polar surface area (TPSA) is 32.8 Å². The summed E-state index contributed by atoms with van der Waals surface area (Å²) in [5, 5.41) is 0. The zero-order valence-corrected chi connectivity index (χ0v) is 12.9. The van der Waals surface area contributed by atoms with Gasteiger partial charge in [-0.05, 0) is 23.6 Å². The van der Waals surface area contributed by atoms with Crippen molar-refractivity contribution in [3.63, 3.8) is 0 Å². The van der Waals surface area contributed by atoms with Crippen LogP contribution in [-0.2, 0) is 16.1 Å². The third-order valence-electron chi connectivity index (χ3n) is 4.20. The molecule has 2 heterocycles. The van der Waals surface area contributed by atoms with Crippen LogP contribution in [0.5, 0.6) is 0 Å². The van der Waals surface area contributed by atoms with Gasteiger partial charge >= 0.3 is 0 Å². The van der Waals surface area contributed by atoms with Gasteiger partial charge in [0, 0.05) is 44.2 Å². The molecule has 1 amide bonds. The molecule has 2 aliphatic rings. The molecule has 0 aromatic heterocycles. The van der Waals surface area contributed by atoms with Crippen LogP contribution < -0.4 is 4.90 Å². The number of morpholine rings is 1. The number of carbonyl (C=O) groups excluding carboxylic acids is 1. The van der Waals surface area contributed by atoms with E-state index in [1.54, 1.807) is 0 Å². The first-order chi connectivity index (χ1) is 10.3. The minimum atomic E-state index is 0.220. The second kappa shape index (κ2) is 6.67.